The molecule has 0 aliphatic heterocycles. The third-order valence-electron chi connectivity index (χ3n) is 5.38. The number of aryl methyl sites for hydroxylation is 1. The maximum atomic E-state index is 12.4. The Morgan fingerprint density at radius 2 is 1.74 bits per heavy atom. The van der Waals surface area contributed by atoms with Crippen molar-refractivity contribution in [2.24, 2.45) is 0 Å². The maximum absolute atomic E-state index is 12.4. The van der Waals surface area contributed by atoms with Crippen molar-refractivity contribution in [3.05, 3.63) is 101 Å². The van der Waals surface area contributed by atoms with Crippen LogP contribution in [0.3, 0.4) is 0 Å². The predicted octanol–water partition coefficient (Wildman–Crippen LogP) is 6.66. The number of amides is 1. The van der Waals surface area contributed by atoms with E-state index in [1.807, 2.05) is 66.7 Å². The average molecular weight is 513 g/mol. The SMILES string of the molecule is CCc1ccc(-n2nc3ccc(NC(=O)/C=C/c4ccc(-c5ccc(Br)cc5)o4)cc3n2)cc1. The summed E-state index contributed by atoms with van der Waals surface area (Å²) >= 11 is 3.43. The Hall–Kier alpha value is -3.97. The van der Waals surface area contributed by atoms with Gasteiger partial charge in [0.15, 0.2) is 0 Å². The first kappa shape index (κ1) is 21.9. The molecular weight excluding hydrogens is 492 g/mol. The highest BCUT2D eigenvalue weighted by molar-refractivity contribution is 9.10. The number of hydrogen-bond acceptors (Lipinski definition) is 4. The van der Waals surface area contributed by atoms with E-state index in [0.717, 1.165) is 33.4 Å². The number of carbonyl (C=O) groups is 1. The van der Waals surface area contributed by atoms with Crippen LogP contribution in [0, 0.1) is 0 Å². The highest BCUT2D eigenvalue weighted by Gasteiger charge is 2.08. The fourth-order valence-corrected chi connectivity index (χ4v) is 3.79. The molecule has 1 N–H and O–H groups in total. The van der Waals surface area contributed by atoms with Gasteiger partial charge in [-0.1, -0.05) is 47.1 Å². The number of fused-ring (bicyclic) bond motifs is 1. The Bertz CT molecular complexity index is 1480. The molecule has 1 amide bonds. The van der Waals surface area contributed by atoms with Gasteiger partial charge in [0, 0.05) is 21.8 Å². The number of anilines is 1. The molecular formula is C27H21BrN4O2. The first-order valence-corrected chi connectivity index (χ1v) is 11.7. The fraction of sp³-hybridized carbons (Fsp3) is 0.0741. The molecule has 6 nitrogen and oxygen atoms in total. The van der Waals surface area contributed by atoms with E-state index in [1.54, 1.807) is 10.9 Å². The van der Waals surface area contributed by atoms with Crippen LogP contribution in [0.1, 0.15) is 18.2 Å². The lowest BCUT2D eigenvalue weighted by atomic mass is 10.2. The van der Waals surface area contributed by atoms with Gasteiger partial charge in [0.25, 0.3) is 0 Å². The van der Waals surface area contributed by atoms with Crippen molar-refractivity contribution >= 4 is 44.6 Å². The highest BCUT2D eigenvalue weighted by atomic mass is 79.9. The molecule has 5 rings (SSSR count). The Kier molecular flexibility index (Phi) is 6.10. The maximum Gasteiger partial charge on any atom is 0.248 e. The molecule has 0 radical (unpaired) electrons. The van der Waals surface area contributed by atoms with Crippen LogP contribution in [0.25, 0.3) is 34.1 Å². The number of benzene rings is 3. The minimum Gasteiger partial charge on any atom is -0.457 e. The second-order valence-electron chi connectivity index (χ2n) is 7.74. The van der Waals surface area contributed by atoms with Gasteiger partial charge in [0.2, 0.25) is 5.91 Å². The molecule has 0 bridgehead atoms. The normalized spacial score (nSPS) is 11.4. The number of nitrogens with one attached hydrogen (secondary N) is 1. The van der Waals surface area contributed by atoms with Gasteiger partial charge in [0.1, 0.15) is 22.6 Å². The minimum atomic E-state index is -0.261. The van der Waals surface area contributed by atoms with Crippen molar-refractivity contribution in [2.45, 2.75) is 13.3 Å². The molecule has 0 saturated heterocycles. The van der Waals surface area contributed by atoms with Gasteiger partial charge < -0.3 is 9.73 Å². The molecule has 0 aliphatic rings. The summed E-state index contributed by atoms with van der Waals surface area (Å²) in [6, 6.07) is 25.2. The Labute approximate surface area is 205 Å². The molecule has 168 valence electrons. The predicted molar refractivity (Wildman–Crippen MR) is 138 cm³/mol. The molecule has 7 heteroatoms. The van der Waals surface area contributed by atoms with Crippen LogP contribution in [0.2, 0.25) is 0 Å². The summed E-state index contributed by atoms with van der Waals surface area (Å²) in [7, 11) is 0. The molecule has 2 heterocycles. The molecule has 0 saturated carbocycles. The minimum absolute atomic E-state index is 0.261. The lowest BCUT2D eigenvalue weighted by Gasteiger charge is -2.01. The number of hydrogen-bond donors (Lipinski definition) is 1. The molecule has 3 aromatic carbocycles. The molecule has 0 aliphatic carbocycles. The van der Waals surface area contributed by atoms with E-state index in [9.17, 15) is 4.79 Å². The highest BCUT2D eigenvalue weighted by Crippen LogP contribution is 2.24. The third kappa shape index (κ3) is 4.84. The zero-order valence-electron chi connectivity index (χ0n) is 18.4. The van der Waals surface area contributed by atoms with Crippen LogP contribution in [-0.4, -0.2) is 20.9 Å². The van der Waals surface area contributed by atoms with Crippen molar-refractivity contribution in [1.29, 1.82) is 0 Å². The summed E-state index contributed by atoms with van der Waals surface area (Å²) in [6.45, 7) is 2.12. The number of aromatic nitrogens is 3. The van der Waals surface area contributed by atoms with E-state index in [-0.39, 0.29) is 5.91 Å². The Morgan fingerprint density at radius 1 is 0.971 bits per heavy atom. The standard InChI is InChI=1S/C27H21BrN4O2/c1-2-18-3-10-22(11-4-18)32-30-24-14-9-21(17-25(24)31-32)29-27(33)16-13-23-12-15-26(34-23)19-5-7-20(28)8-6-19/h3-17H,2H2,1H3,(H,29,33)/b16-13+. The van der Waals surface area contributed by atoms with Gasteiger partial charge in [-0.3, -0.25) is 4.79 Å². The fourth-order valence-electron chi connectivity index (χ4n) is 3.53. The summed E-state index contributed by atoms with van der Waals surface area (Å²) in [6.07, 6.45) is 4.07. The van der Waals surface area contributed by atoms with E-state index in [2.05, 4.69) is 50.5 Å². The van der Waals surface area contributed by atoms with Crippen LogP contribution in [0.4, 0.5) is 5.69 Å². The van der Waals surface area contributed by atoms with E-state index in [4.69, 9.17) is 4.42 Å². The van der Waals surface area contributed by atoms with Crippen LogP contribution >= 0.6 is 15.9 Å². The Balaban J connectivity index is 1.27. The van der Waals surface area contributed by atoms with Gasteiger partial charge >= 0.3 is 0 Å². The Morgan fingerprint density at radius 3 is 2.50 bits per heavy atom. The smallest absolute Gasteiger partial charge is 0.248 e. The van der Waals surface area contributed by atoms with Crippen molar-refractivity contribution in [3.63, 3.8) is 0 Å². The quantitative estimate of drug-likeness (QED) is 0.258. The molecule has 2 aromatic heterocycles. The molecule has 0 spiro atoms. The lowest BCUT2D eigenvalue weighted by molar-refractivity contribution is -0.111. The summed E-state index contributed by atoms with van der Waals surface area (Å²) in [5, 5.41) is 11.9. The van der Waals surface area contributed by atoms with Gasteiger partial charge in [-0.15, -0.1) is 10.2 Å². The van der Waals surface area contributed by atoms with Gasteiger partial charge in [-0.25, -0.2) is 0 Å². The van der Waals surface area contributed by atoms with E-state index >= 15 is 0 Å². The number of nitrogens with zero attached hydrogens (tertiary/aromatic N) is 3. The summed E-state index contributed by atoms with van der Waals surface area (Å²) < 4.78 is 6.83. The van der Waals surface area contributed by atoms with Crippen molar-refractivity contribution < 1.29 is 9.21 Å². The van der Waals surface area contributed by atoms with Crippen LogP contribution < -0.4 is 5.32 Å². The van der Waals surface area contributed by atoms with Crippen LogP contribution in [0.15, 0.2) is 93.8 Å². The van der Waals surface area contributed by atoms with Crippen molar-refractivity contribution in [1.82, 2.24) is 15.0 Å². The largest absolute Gasteiger partial charge is 0.457 e. The first-order valence-electron chi connectivity index (χ1n) is 10.9. The average Bonchev–Trinajstić information content (AvgIpc) is 3.50. The van der Waals surface area contributed by atoms with Crippen molar-refractivity contribution in [3.8, 4) is 17.0 Å². The summed E-state index contributed by atoms with van der Waals surface area (Å²) in [5.41, 5.74) is 5.22. The summed E-state index contributed by atoms with van der Waals surface area (Å²) in [4.78, 5) is 14.0. The number of furan rings is 1. The van der Waals surface area contributed by atoms with Gasteiger partial charge in [-0.05, 0) is 72.7 Å². The molecule has 0 fully saturated rings. The zero-order chi connectivity index (χ0) is 23.5. The van der Waals surface area contributed by atoms with Gasteiger partial charge in [0.05, 0.1) is 5.69 Å². The van der Waals surface area contributed by atoms with Crippen molar-refractivity contribution in [2.75, 3.05) is 5.32 Å². The zero-order valence-corrected chi connectivity index (χ0v) is 20.0. The number of carbonyl (C=O) groups excluding carboxylic acids is 1. The lowest BCUT2D eigenvalue weighted by Crippen LogP contribution is -2.07. The summed E-state index contributed by atoms with van der Waals surface area (Å²) in [5.74, 6) is 1.08. The number of halogens is 1. The molecule has 5 aromatic rings. The monoisotopic (exact) mass is 512 g/mol. The molecule has 0 atom stereocenters. The van der Waals surface area contributed by atoms with Crippen LogP contribution in [0.5, 0.6) is 0 Å². The second-order valence-corrected chi connectivity index (χ2v) is 8.66. The second kappa shape index (κ2) is 9.49. The van der Waals surface area contributed by atoms with Crippen LogP contribution in [-0.2, 0) is 11.2 Å². The topological polar surface area (TPSA) is 73.0 Å². The third-order valence-corrected chi connectivity index (χ3v) is 5.91. The molecule has 34 heavy (non-hydrogen) atoms. The van der Waals surface area contributed by atoms with E-state index in [0.29, 0.717) is 17.0 Å². The van der Waals surface area contributed by atoms with E-state index < -0.39 is 0 Å². The van der Waals surface area contributed by atoms with E-state index in [1.165, 1.54) is 11.6 Å². The number of rotatable bonds is 6. The first-order chi connectivity index (χ1) is 16.6. The van der Waals surface area contributed by atoms with Gasteiger partial charge in [-0.2, -0.15) is 4.80 Å². The molecule has 0 unspecified atom stereocenters.